The highest BCUT2D eigenvalue weighted by Crippen LogP contribution is 2.30. The number of alkyl halides is 3. The minimum absolute atomic E-state index is 0.162. The number of amides is 2. The minimum atomic E-state index is -4.39. The van der Waals surface area contributed by atoms with Gasteiger partial charge in [0.2, 0.25) is 11.8 Å². The second-order valence-corrected chi connectivity index (χ2v) is 7.80. The van der Waals surface area contributed by atoms with Gasteiger partial charge in [-0.1, -0.05) is 30.3 Å². The number of carbonyl (C=O) groups excluding carboxylic acids is 2. The molecule has 2 aromatic carbocycles. The van der Waals surface area contributed by atoms with Gasteiger partial charge in [0.15, 0.2) is 5.13 Å². The van der Waals surface area contributed by atoms with Gasteiger partial charge < -0.3 is 4.90 Å². The fourth-order valence-electron chi connectivity index (χ4n) is 2.89. The molecule has 0 fully saturated rings. The van der Waals surface area contributed by atoms with Crippen LogP contribution < -0.4 is 4.90 Å². The van der Waals surface area contributed by atoms with E-state index in [1.807, 2.05) is 18.2 Å². The van der Waals surface area contributed by atoms with Gasteiger partial charge in [0.25, 0.3) is 0 Å². The first-order valence-electron chi connectivity index (χ1n) is 9.56. The largest absolute Gasteiger partial charge is 0.416 e. The summed E-state index contributed by atoms with van der Waals surface area (Å²) in [7, 11) is 1.56. The average Bonchev–Trinajstić information content (AvgIpc) is 3.20. The second-order valence-electron chi connectivity index (χ2n) is 6.97. The summed E-state index contributed by atoms with van der Waals surface area (Å²) in [6.07, 6.45) is -1.52. The number of rotatable bonds is 6. The first kappa shape index (κ1) is 23.2. The lowest BCUT2D eigenvalue weighted by Crippen LogP contribution is -2.24. The standard InChI is InChI=1S/C23H20F3N3O2S/c1-16(30)29(20-6-4-3-5-7-20)22-27-19(15-32-22)12-13-21(31)28(2)14-17-8-10-18(11-9-17)23(24,25)26/h3-13,15H,14H2,1-2H3/b13-12+. The molecule has 0 atom stereocenters. The summed E-state index contributed by atoms with van der Waals surface area (Å²) in [5.41, 5.74) is 1.06. The van der Waals surface area contributed by atoms with E-state index in [1.165, 1.54) is 52.3 Å². The fourth-order valence-corrected chi connectivity index (χ4v) is 3.75. The highest BCUT2D eigenvalue weighted by molar-refractivity contribution is 7.14. The maximum absolute atomic E-state index is 12.7. The van der Waals surface area contributed by atoms with Gasteiger partial charge in [-0.05, 0) is 35.9 Å². The van der Waals surface area contributed by atoms with Crippen LogP contribution in [-0.2, 0) is 22.3 Å². The second kappa shape index (κ2) is 9.78. The maximum Gasteiger partial charge on any atom is 0.416 e. The Hall–Kier alpha value is -3.46. The molecule has 0 unspecified atom stereocenters. The zero-order valence-electron chi connectivity index (χ0n) is 17.3. The Morgan fingerprint density at radius 2 is 1.72 bits per heavy atom. The molecule has 5 nitrogen and oxygen atoms in total. The summed E-state index contributed by atoms with van der Waals surface area (Å²) in [4.78, 5) is 31.8. The predicted octanol–water partition coefficient (Wildman–Crippen LogP) is 5.52. The predicted molar refractivity (Wildman–Crippen MR) is 118 cm³/mol. The number of aromatic nitrogens is 1. The minimum Gasteiger partial charge on any atom is -0.338 e. The van der Waals surface area contributed by atoms with Crippen LogP contribution in [0.3, 0.4) is 0 Å². The highest BCUT2D eigenvalue weighted by Gasteiger charge is 2.30. The maximum atomic E-state index is 12.7. The molecule has 9 heteroatoms. The van der Waals surface area contributed by atoms with Crippen LogP contribution >= 0.6 is 11.3 Å². The van der Waals surface area contributed by atoms with Gasteiger partial charge in [-0.25, -0.2) is 4.98 Å². The lowest BCUT2D eigenvalue weighted by atomic mass is 10.1. The monoisotopic (exact) mass is 459 g/mol. The third-order valence-electron chi connectivity index (χ3n) is 4.50. The van der Waals surface area contributed by atoms with Crippen LogP contribution in [0, 0.1) is 0 Å². The van der Waals surface area contributed by atoms with Gasteiger partial charge in [-0.2, -0.15) is 13.2 Å². The fraction of sp³-hybridized carbons (Fsp3) is 0.174. The topological polar surface area (TPSA) is 53.5 Å². The molecule has 0 aliphatic carbocycles. The molecule has 0 spiro atoms. The summed E-state index contributed by atoms with van der Waals surface area (Å²) < 4.78 is 38.0. The number of thiazole rings is 1. The van der Waals surface area contributed by atoms with Crippen molar-refractivity contribution in [1.82, 2.24) is 9.88 Å². The number of para-hydroxylation sites is 1. The Kier molecular flexibility index (Phi) is 7.09. The number of halogens is 3. The van der Waals surface area contributed by atoms with Gasteiger partial charge in [-0.15, -0.1) is 11.3 Å². The van der Waals surface area contributed by atoms with Crippen molar-refractivity contribution in [2.75, 3.05) is 11.9 Å². The van der Waals surface area contributed by atoms with Crippen molar-refractivity contribution in [3.63, 3.8) is 0 Å². The van der Waals surface area contributed by atoms with Gasteiger partial charge in [-0.3, -0.25) is 14.5 Å². The molecule has 32 heavy (non-hydrogen) atoms. The highest BCUT2D eigenvalue weighted by atomic mass is 32.1. The molecule has 2 amide bonds. The molecule has 0 saturated carbocycles. The van der Waals surface area contributed by atoms with Crippen molar-refractivity contribution in [1.29, 1.82) is 0 Å². The molecule has 0 saturated heterocycles. The molecule has 166 valence electrons. The summed E-state index contributed by atoms with van der Waals surface area (Å²) in [5, 5.41) is 2.21. The molecule has 0 aliphatic rings. The van der Waals surface area contributed by atoms with E-state index in [-0.39, 0.29) is 18.4 Å². The normalized spacial score (nSPS) is 11.5. The van der Waals surface area contributed by atoms with Gasteiger partial charge >= 0.3 is 6.18 Å². The first-order chi connectivity index (χ1) is 15.1. The molecule has 0 bridgehead atoms. The van der Waals surface area contributed by atoms with E-state index in [1.54, 1.807) is 24.6 Å². The Morgan fingerprint density at radius 3 is 2.31 bits per heavy atom. The van der Waals surface area contributed by atoms with Gasteiger partial charge in [0.05, 0.1) is 16.9 Å². The SMILES string of the molecule is CC(=O)N(c1ccccc1)c1nc(/C=C/C(=O)N(C)Cc2ccc(C(F)(F)F)cc2)cs1. The third-order valence-corrected chi connectivity index (χ3v) is 5.35. The first-order valence-corrected chi connectivity index (χ1v) is 10.4. The van der Waals surface area contributed by atoms with E-state index in [0.717, 1.165) is 12.1 Å². The summed E-state index contributed by atoms with van der Waals surface area (Å²) in [6, 6.07) is 13.8. The van der Waals surface area contributed by atoms with Crippen LogP contribution in [0.4, 0.5) is 24.0 Å². The zero-order valence-corrected chi connectivity index (χ0v) is 18.2. The summed E-state index contributed by atoms with van der Waals surface area (Å²) in [5.74, 6) is -0.514. The Labute approximate surface area is 187 Å². The number of likely N-dealkylation sites (N-methyl/N-ethyl adjacent to an activating group) is 1. The van der Waals surface area contributed by atoms with Crippen LogP contribution in [0.25, 0.3) is 6.08 Å². The third kappa shape index (κ3) is 5.82. The van der Waals surface area contributed by atoms with Crippen LogP contribution in [0.5, 0.6) is 0 Å². The molecule has 1 aromatic heterocycles. The van der Waals surface area contributed by atoms with Crippen molar-refractivity contribution in [2.24, 2.45) is 0 Å². The van der Waals surface area contributed by atoms with Crippen LogP contribution in [0.2, 0.25) is 0 Å². The van der Waals surface area contributed by atoms with E-state index in [9.17, 15) is 22.8 Å². The molecule has 1 heterocycles. The molecule has 0 N–H and O–H groups in total. The van der Waals surface area contributed by atoms with E-state index < -0.39 is 11.7 Å². The van der Waals surface area contributed by atoms with Crippen molar-refractivity contribution >= 4 is 40.0 Å². The summed E-state index contributed by atoms with van der Waals surface area (Å²) in [6.45, 7) is 1.61. The van der Waals surface area contributed by atoms with E-state index in [4.69, 9.17) is 0 Å². The van der Waals surface area contributed by atoms with Crippen LogP contribution in [0.15, 0.2) is 66.1 Å². The van der Waals surface area contributed by atoms with Crippen molar-refractivity contribution in [3.8, 4) is 0 Å². The molecule has 3 rings (SSSR count). The van der Waals surface area contributed by atoms with E-state index in [2.05, 4.69) is 4.98 Å². The van der Waals surface area contributed by atoms with Crippen molar-refractivity contribution in [2.45, 2.75) is 19.6 Å². The Bertz CT molecular complexity index is 1110. The lowest BCUT2D eigenvalue weighted by Gasteiger charge is -2.17. The van der Waals surface area contributed by atoms with Crippen molar-refractivity contribution in [3.05, 3.63) is 82.9 Å². The number of hydrogen-bond donors (Lipinski definition) is 0. The number of hydrogen-bond acceptors (Lipinski definition) is 4. The number of anilines is 2. The van der Waals surface area contributed by atoms with Gasteiger partial charge in [0.1, 0.15) is 0 Å². The molecule has 0 radical (unpaired) electrons. The van der Waals surface area contributed by atoms with Gasteiger partial charge in [0, 0.05) is 32.0 Å². The Balaban J connectivity index is 1.65. The van der Waals surface area contributed by atoms with E-state index in [0.29, 0.717) is 22.1 Å². The van der Waals surface area contributed by atoms with Crippen LogP contribution in [0.1, 0.15) is 23.7 Å². The molecule has 0 aliphatic heterocycles. The number of benzene rings is 2. The summed E-state index contributed by atoms with van der Waals surface area (Å²) >= 11 is 1.27. The van der Waals surface area contributed by atoms with Crippen LogP contribution in [-0.4, -0.2) is 28.7 Å². The molecular formula is C23H20F3N3O2S. The lowest BCUT2D eigenvalue weighted by molar-refractivity contribution is -0.137. The van der Waals surface area contributed by atoms with E-state index >= 15 is 0 Å². The Morgan fingerprint density at radius 1 is 1.06 bits per heavy atom. The number of nitrogens with zero attached hydrogens (tertiary/aromatic N) is 3. The molecule has 3 aromatic rings. The number of carbonyl (C=O) groups is 2. The van der Waals surface area contributed by atoms with Crippen molar-refractivity contribution < 1.29 is 22.8 Å². The quantitative estimate of drug-likeness (QED) is 0.456. The zero-order chi connectivity index (χ0) is 23.3. The average molecular weight is 459 g/mol. The smallest absolute Gasteiger partial charge is 0.338 e. The molecular weight excluding hydrogens is 439 g/mol.